The fraction of sp³-hybridized carbons (Fsp3) is 0.750. The average Bonchev–Trinajstić information content (AvgIpc) is 0.811. The Labute approximate surface area is 55.8 Å². The molecule has 0 bridgehead atoms. The molecule has 0 atom stereocenters. The van der Waals surface area contributed by atoms with Gasteiger partial charge in [0.15, 0.2) is 0 Å². The summed E-state index contributed by atoms with van der Waals surface area (Å²) in [4.78, 5) is 0. The van der Waals surface area contributed by atoms with Crippen LogP contribution >= 0.6 is 7.92 Å². The van der Waals surface area contributed by atoms with Gasteiger partial charge in [0, 0.05) is 20.0 Å². The fourth-order valence-electron chi connectivity index (χ4n) is 0. The Hall–Kier alpha value is 1.08. The molecule has 46 valence electrons. The number of rotatable bonds is 0. The van der Waals surface area contributed by atoms with E-state index in [9.17, 15) is 0 Å². The normalized spacial score (nSPS) is 6.00. The maximum atomic E-state index is 2.27. The zero-order chi connectivity index (χ0) is 3.58. The molecule has 2 heteroatoms. The Kier molecular flexibility index (Phi) is 24.7. The Morgan fingerprint density at radius 3 is 1.00 bits per heavy atom. The molecule has 0 aliphatic carbocycles. The maximum absolute atomic E-state index is 2.27. The average molecular weight is 287 g/mol. The van der Waals surface area contributed by atoms with Crippen LogP contribution in [0.5, 0.6) is 0 Å². The molecule has 0 unspecified atom stereocenters. The fourth-order valence-corrected chi connectivity index (χ4v) is 0. The zero-order valence-electron chi connectivity index (χ0n) is 4.91. The van der Waals surface area contributed by atoms with Crippen molar-refractivity contribution in [3.05, 3.63) is 7.43 Å². The van der Waals surface area contributed by atoms with Crippen LogP contribution in [0.25, 0.3) is 0 Å². The van der Waals surface area contributed by atoms with Crippen LogP contribution in [-0.4, -0.2) is 20.0 Å². The molecule has 0 saturated heterocycles. The second-order valence-corrected chi connectivity index (χ2v) is 4.50. The summed E-state index contributed by atoms with van der Waals surface area (Å²) < 4.78 is 0. The molecule has 0 aromatic heterocycles. The molecule has 0 aromatic carbocycles. The van der Waals surface area contributed by atoms with Gasteiger partial charge in [-0.2, -0.15) is 0 Å². The molecule has 0 saturated carbocycles. The molecule has 0 fully saturated rings. The van der Waals surface area contributed by atoms with Crippen LogP contribution in [0.3, 0.4) is 0 Å². The van der Waals surface area contributed by atoms with E-state index in [1.54, 1.807) is 0 Å². The van der Waals surface area contributed by atoms with Gasteiger partial charge in [0.25, 0.3) is 0 Å². The second-order valence-electron chi connectivity index (χ2n) is 1.50. The van der Waals surface area contributed by atoms with Crippen molar-refractivity contribution in [2.75, 3.05) is 20.0 Å². The van der Waals surface area contributed by atoms with E-state index in [1.807, 2.05) is 0 Å². The van der Waals surface area contributed by atoms with Gasteiger partial charge in [-0.15, -0.1) is 0 Å². The summed E-state index contributed by atoms with van der Waals surface area (Å²) in [7, 11) is 0.120. The SMILES string of the molecule is C[PH+](C)C.[CH3-].[IrH3]. The summed E-state index contributed by atoms with van der Waals surface area (Å²) in [5.74, 6) is 0. The van der Waals surface area contributed by atoms with Gasteiger partial charge in [-0.1, -0.05) is 0 Å². The van der Waals surface area contributed by atoms with E-state index < -0.39 is 0 Å². The third-order valence-electron chi connectivity index (χ3n) is 0. The van der Waals surface area contributed by atoms with Crippen LogP contribution in [0.2, 0.25) is 0 Å². The van der Waals surface area contributed by atoms with Crippen LogP contribution in [-0.2, 0) is 20.1 Å². The van der Waals surface area contributed by atoms with Gasteiger partial charge >= 0.3 is 20.1 Å². The van der Waals surface area contributed by atoms with E-state index in [-0.39, 0.29) is 35.5 Å². The molecule has 0 heterocycles. The molecule has 0 aromatic rings. The van der Waals surface area contributed by atoms with Gasteiger partial charge in [-0.3, -0.25) is 0 Å². The molecule has 0 amide bonds. The van der Waals surface area contributed by atoms with Gasteiger partial charge in [-0.05, 0) is 7.92 Å². The molecular weight excluding hydrogens is 271 g/mol. The van der Waals surface area contributed by atoms with E-state index in [4.69, 9.17) is 0 Å². The predicted octanol–water partition coefficient (Wildman–Crippen LogP) is 0.735. The summed E-state index contributed by atoms with van der Waals surface area (Å²) in [5.41, 5.74) is 0. The van der Waals surface area contributed by atoms with Crippen LogP contribution in [0.15, 0.2) is 0 Å². The van der Waals surface area contributed by atoms with Crippen molar-refractivity contribution in [2.45, 2.75) is 0 Å². The van der Waals surface area contributed by atoms with Gasteiger partial charge in [0.2, 0.25) is 0 Å². The summed E-state index contributed by atoms with van der Waals surface area (Å²) in [6.45, 7) is 6.81. The third kappa shape index (κ3) is 72.6. The quantitative estimate of drug-likeness (QED) is 0.455. The van der Waals surface area contributed by atoms with Crippen molar-refractivity contribution >= 4 is 7.92 Å². The molecule has 0 aliphatic heterocycles. The first-order valence-corrected chi connectivity index (χ1v) is 4.50. The number of hydrogen-bond acceptors (Lipinski definition) is 0. The Bertz CT molecular complexity index is 12.3. The minimum atomic E-state index is 0. The Morgan fingerprint density at radius 1 is 1.00 bits per heavy atom. The van der Waals surface area contributed by atoms with E-state index in [0.29, 0.717) is 0 Å². The van der Waals surface area contributed by atoms with Crippen LogP contribution in [0.1, 0.15) is 0 Å². The van der Waals surface area contributed by atoms with Gasteiger partial charge in [-0.25, -0.2) is 0 Å². The summed E-state index contributed by atoms with van der Waals surface area (Å²) in [6, 6.07) is 0. The predicted molar refractivity (Wildman–Crippen MR) is 36.7 cm³/mol. The van der Waals surface area contributed by atoms with Gasteiger partial charge in [0.1, 0.15) is 0 Å². The van der Waals surface area contributed by atoms with Crippen molar-refractivity contribution in [2.24, 2.45) is 0 Å². The monoisotopic (exact) mass is 288 g/mol. The molecule has 1 radical (unpaired) electrons. The first kappa shape index (κ1) is 15.7. The first-order valence-electron chi connectivity index (χ1n) is 1.50. The number of hydrogen-bond donors (Lipinski definition) is 0. The van der Waals surface area contributed by atoms with Crippen LogP contribution in [0.4, 0.5) is 0 Å². The van der Waals surface area contributed by atoms with Crippen LogP contribution < -0.4 is 0 Å². The van der Waals surface area contributed by atoms with Crippen molar-refractivity contribution in [3.63, 3.8) is 0 Å². The second kappa shape index (κ2) is 9.43. The molecule has 0 nitrogen and oxygen atoms in total. The standard InChI is InChI=1S/C3H9P.CH3.Ir.3H/c1-4(2)3;;;;;/h1-3H3;1H3;;;;/q;-1;;;;/p+1. The molecule has 0 rings (SSSR count). The van der Waals surface area contributed by atoms with Crippen molar-refractivity contribution in [1.82, 2.24) is 0 Å². The molecule has 0 aliphatic rings. The van der Waals surface area contributed by atoms with Gasteiger partial charge < -0.3 is 7.43 Å². The Balaban J connectivity index is -0.0000000450. The zero-order valence-corrected chi connectivity index (χ0v) is 8.84. The summed E-state index contributed by atoms with van der Waals surface area (Å²) in [6.07, 6.45) is 0. The van der Waals surface area contributed by atoms with Crippen molar-refractivity contribution in [3.8, 4) is 0 Å². The van der Waals surface area contributed by atoms with Crippen LogP contribution in [0, 0.1) is 7.43 Å². The van der Waals surface area contributed by atoms with E-state index in [2.05, 4.69) is 20.0 Å². The minimum absolute atomic E-state index is 0. The molecular formula is C4H16IrP. The van der Waals surface area contributed by atoms with Crippen molar-refractivity contribution in [1.29, 1.82) is 0 Å². The Morgan fingerprint density at radius 2 is 1.00 bits per heavy atom. The molecule has 0 N–H and O–H groups in total. The first-order chi connectivity index (χ1) is 1.73. The van der Waals surface area contributed by atoms with Gasteiger partial charge in [0.05, 0.1) is 0 Å². The van der Waals surface area contributed by atoms with E-state index in [0.717, 1.165) is 0 Å². The van der Waals surface area contributed by atoms with Crippen molar-refractivity contribution < 1.29 is 20.1 Å². The van der Waals surface area contributed by atoms with E-state index in [1.165, 1.54) is 0 Å². The van der Waals surface area contributed by atoms with E-state index >= 15 is 0 Å². The third-order valence-corrected chi connectivity index (χ3v) is 0. The topological polar surface area (TPSA) is 0 Å². The molecule has 0 spiro atoms. The summed E-state index contributed by atoms with van der Waals surface area (Å²) in [5, 5.41) is 0. The molecule has 6 heavy (non-hydrogen) atoms. The summed E-state index contributed by atoms with van der Waals surface area (Å²) >= 11 is 0.